The van der Waals surface area contributed by atoms with Gasteiger partial charge in [-0.25, -0.2) is 15.5 Å². The Bertz CT molecular complexity index is 1120. The van der Waals surface area contributed by atoms with Crippen LogP contribution in [0.4, 0.5) is 5.69 Å². The van der Waals surface area contributed by atoms with Crippen LogP contribution in [0, 0.1) is 10.1 Å². The van der Waals surface area contributed by atoms with Crippen molar-refractivity contribution in [2.75, 3.05) is 0 Å². The van der Waals surface area contributed by atoms with E-state index in [0.29, 0.717) is 5.69 Å². The number of nitro groups is 1. The zero-order valence-corrected chi connectivity index (χ0v) is 18.7. The number of amides is 2. The topological polar surface area (TPSA) is 157 Å². The molecule has 2 amide bonds. The number of aromatic nitrogens is 3. The maximum atomic E-state index is 13.1. The number of nitrogens with zero attached hydrogens (tertiary/aromatic N) is 6. The normalized spacial score (nSPS) is 16.0. The van der Waals surface area contributed by atoms with Gasteiger partial charge in [-0.2, -0.15) is 10.2 Å². The monoisotopic (exact) mass is 466 g/mol. The molecule has 2 saturated carbocycles. The van der Waals surface area contributed by atoms with Crippen molar-refractivity contribution in [1.29, 1.82) is 0 Å². The molecule has 1 heterocycles. The fraction of sp³-hybridized carbons (Fsp3) is 0.455. The highest BCUT2D eigenvalue weighted by Gasteiger charge is 2.27. The minimum Gasteiger partial charge on any atom is -0.265 e. The second-order valence-electron chi connectivity index (χ2n) is 8.33. The third kappa shape index (κ3) is 5.50. The zero-order chi connectivity index (χ0) is 23.9. The summed E-state index contributed by atoms with van der Waals surface area (Å²) in [6.45, 7) is 0. The lowest BCUT2D eigenvalue weighted by atomic mass is 9.99. The number of carbonyl (C=O) groups excluding carboxylic acids is 2. The molecule has 178 valence electrons. The van der Waals surface area contributed by atoms with E-state index in [9.17, 15) is 19.7 Å². The molecule has 0 spiro atoms. The van der Waals surface area contributed by atoms with Gasteiger partial charge in [-0.1, -0.05) is 18.1 Å². The molecule has 1 aromatic carbocycles. The highest BCUT2D eigenvalue weighted by atomic mass is 16.6. The van der Waals surface area contributed by atoms with Crippen LogP contribution in [-0.2, 0) is 0 Å². The van der Waals surface area contributed by atoms with Gasteiger partial charge in [0.05, 0.1) is 10.6 Å². The Morgan fingerprint density at radius 1 is 0.853 bits per heavy atom. The molecule has 2 fully saturated rings. The van der Waals surface area contributed by atoms with Crippen LogP contribution in [0.2, 0.25) is 0 Å². The lowest BCUT2D eigenvalue weighted by molar-refractivity contribution is -0.384. The summed E-state index contributed by atoms with van der Waals surface area (Å²) >= 11 is 0. The van der Waals surface area contributed by atoms with Crippen LogP contribution in [0.25, 0.3) is 5.69 Å². The van der Waals surface area contributed by atoms with E-state index in [0.717, 1.165) is 75.6 Å². The Morgan fingerprint density at radius 2 is 1.38 bits per heavy atom. The van der Waals surface area contributed by atoms with E-state index in [4.69, 9.17) is 0 Å². The zero-order valence-electron chi connectivity index (χ0n) is 18.7. The van der Waals surface area contributed by atoms with E-state index in [1.807, 2.05) is 0 Å². The van der Waals surface area contributed by atoms with Crippen molar-refractivity contribution in [3.8, 4) is 5.69 Å². The van der Waals surface area contributed by atoms with E-state index in [2.05, 4.69) is 31.4 Å². The number of nitro benzene ring substituents is 1. The minimum absolute atomic E-state index is 0.111. The molecule has 1 aromatic heterocycles. The molecule has 0 unspecified atom stereocenters. The standard InChI is InChI=1S/C22H26N8O4/c31-21(26-23-15-7-3-1-4-8-15)19-20(22(32)27-24-16-9-5-2-6-10-16)29(28-25-19)17-11-13-18(14-12-17)30(33)34/h11-14H,1-10H2,(H,26,31)(H,27,32). The van der Waals surface area contributed by atoms with Crippen molar-refractivity contribution < 1.29 is 14.5 Å². The number of rotatable bonds is 6. The van der Waals surface area contributed by atoms with Gasteiger partial charge in [-0.15, -0.1) is 5.10 Å². The molecule has 12 nitrogen and oxygen atoms in total. The van der Waals surface area contributed by atoms with Crippen LogP contribution in [0.3, 0.4) is 0 Å². The SMILES string of the molecule is O=C(NN=C1CCCCC1)c1nnn(-c2ccc([N+](=O)[O-])cc2)c1C(=O)NN=C1CCCCC1. The van der Waals surface area contributed by atoms with Crippen LogP contribution >= 0.6 is 0 Å². The molecule has 12 heteroatoms. The molecular formula is C22H26N8O4. The third-order valence-corrected chi connectivity index (χ3v) is 5.90. The summed E-state index contributed by atoms with van der Waals surface area (Å²) in [5, 5.41) is 27.3. The number of hydrogen-bond donors (Lipinski definition) is 2. The second kappa shape index (κ2) is 10.8. The number of hydrazone groups is 2. The average Bonchev–Trinajstić information content (AvgIpc) is 3.32. The van der Waals surface area contributed by atoms with Gasteiger partial charge >= 0.3 is 0 Å². The summed E-state index contributed by atoms with van der Waals surface area (Å²) in [6.07, 6.45) is 9.63. The van der Waals surface area contributed by atoms with Crippen molar-refractivity contribution in [2.24, 2.45) is 10.2 Å². The van der Waals surface area contributed by atoms with Gasteiger partial charge in [-0.3, -0.25) is 19.7 Å². The van der Waals surface area contributed by atoms with Gasteiger partial charge in [0.15, 0.2) is 11.4 Å². The summed E-state index contributed by atoms with van der Waals surface area (Å²) in [5.41, 5.74) is 6.69. The van der Waals surface area contributed by atoms with Crippen LogP contribution in [0.15, 0.2) is 34.5 Å². The molecule has 34 heavy (non-hydrogen) atoms. The first-order valence-electron chi connectivity index (χ1n) is 11.4. The molecule has 0 atom stereocenters. The highest BCUT2D eigenvalue weighted by Crippen LogP contribution is 2.19. The molecule has 2 aliphatic rings. The number of benzene rings is 1. The summed E-state index contributed by atoms with van der Waals surface area (Å²) < 4.78 is 1.17. The Kier molecular flexibility index (Phi) is 7.35. The molecule has 0 saturated heterocycles. The summed E-state index contributed by atoms with van der Waals surface area (Å²) in [7, 11) is 0. The number of non-ortho nitro benzene ring substituents is 1. The van der Waals surface area contributed by atoms with Crippen LogP contribution in [0.5, 0.6) is 0 Å². The van der Waals surface area contributed by atoms with Crippen molar-refractivity contribution in [1.82, 2.24) is 25.8 Å². The van der Waals surface area contributed by atoms with Crippen LogP contribution < -0.4 is 10.9 Å². The molecular weight excluding hydrogens is 440 g/mol. The average molecular weight is 467 g/mol. The maximum absolute atomic E-state index is 13.1. The molecule has 2 N–H and O–H groups in total. The lowest BCUT2D eigenvalue weighted by Crippen LogP contribution is -2.28. The van der Waals surface area contributed by atoms with E-state index < -0.39 is 16.7 Å². The lowest BCUT2D eigenvalue weighted by Gasteiger charge is -2.13. The third-order valence-electron chi connectivity index (χ3n) is 5.90. The Labute approximate surface area is 195 Å². The first-order valence-corrected chi connectivity index (χ1v) is 11.4. The minimum atomic E-state index is -0.665. The maximum Gasteiger partial charge on any atom is 0.294 e. The number of hydrogen-bond acceptors (Lipinski definition) is 8. The van der Waals surface area contributed by atoms with E-state index in [-0.39, 0.29) is 17.1 Å². The predicted octanol–water partition coefficient (Wildman–Crippen LogP) is 3.28. The van der Waals surface area contributed by atoms with Gasteiger partial charge in [0.2, 0.25) is 0 Å². The Hall–Kier alpha value is -3.96. The van der Waals surface area contributed by atoms with Crippen molar-refractivity contribution in [2.45, 2.75) is 64.2 Å². The van der Waals surface area contributed by atoms with Crippen LogP contribution in [0.1, 0.15) is 85.2 Å². The van der Waals surface area contributed by atoms with Crippen LogP contribution in [-0.4, -0.2) is 43.2 Å². The summed E-state index contributed by atoms with van der Waals surface area (Å²) in [6, 6.07) is 5.44. The first kappa shape index (κ1) is 23.2. The van der Waals surface area contributed by atoms with Crippen molar-refractivity contribution >= 4 is 28.9 Å². The largest absolute Gasteiger partial charge is 0.294 e. The summed E-state index contributed by atoms with van der Waals surface area (Å²) in [4.78, 5) is 36.4. The number of nitrogens with one attached hydrogen (secondary N) is 2. The molecule has 0 aliphatic heterocycles. The Balaban J connectivity index is 1.62. The molecule has 0 bridgehead atoms. The van der Waals surface area contributed by atoms with Gasteiger partial charge in [-0.05, 0) is 63.5 Å². The Morgan fingerprint density at radius 3 is 1.91 bits per heavy atom. The van der Waals surface area contributed by atoms with E-state index in [1.54, 1.807) is 0 Å². The second-order valence-corrected chi connectivity index (χ2v) is 8.33. The molecule has 2 aromatic rings. The van der Waals surface area contributed by atoms with E-state index in [1.165, 1.54) is 28.9 Å². The highest BCUT2D eigenvalue weighted by molar-refractivity contribution is 6.05. The van der Waals surface area contributed by atoms with Gasteiger partial charge < -0.3 is 0 Å². The predicted molar refractivity (Wildman–Crippen MR) is 124 cm³/mol. The molecule has 0 radical (unpaired) electrons. The van der Waals surface area contributed by atoms with Crippen molar-refractivity contribution in [3.63, 3.8) is 0 Å². The molecule has 4 rings (SSSR count). The van der Waals surface area contributed by atoms with E-state index >= 15 is 0 Å². The quantitative estimate of drug-likeness (QED) is 0.491. The van der Waals surface area contributed by atoms with Gasteiger partial charge in [0.1, 0.15) is 0 Å². The smallest absolute Gasteiger partial charge is 0.265 e. The first-order chi connectivity index (χ1) is 16.5. The van der Waals surface area contributed by atoms with Crippen molar-refractivity contribution in [3.05, 3.63) is 45.8 Å². The molecule has 2 aliphatic carbocycles. The summed E-state index contributed by atoms with van der Waals surface area (Å²) in [5.74, 6) is -1.32. The fourth-order valence-corrected chi connectivity index (χ4v) is 4.04. The number of carbonyl (C=O) groups is 2. The van der Waals surface area contributed by atoms with Gasteiger partial charge in [0, 0.05) is 23.6 Å². The van der Waals surface area contributed by atoms with Gasteiger partial charge in [0.25, 0.3) is 17.5 Å². The fourth-order valence-electron chi connectivity index (χ4n) is 4.04.